The van der Waals surface area contributed by atoms with E-state index in [4.69, 9.17) is 4.98 Å². The summed E-state index contributed by atoms with van der Waals surface area (Å²) in [5, 5.41) is 13.5. The van der Waals surface area contributed by atoms with E-state index in [1.807, 2.05) is 36.6 Å². The van der Waals surface area contributed by atoms with E-state index < -0.39 is 5.97 Å². The third-order valence-electron chi connectivity index (χ3n) is 5.20. The van der Waals surface area contributed by atoms with Gasteiger partial charge in [0.1, 0.15) is 0 Å². The van der Waals surface area contributed by atoms with Crippen molar-refractivity contribution in [2.75, 3.05) is 0 Å². The van der Waals surface area contributed by atoms with Gasteiger partial charge in [0, 0.05) is 33.2 Å². The van der Waals surface area contributed by atoms with Gasteiger partial charge in [-0.2, -0.15) is 0 Å². The van der Waals surface area contributed by atoms with Crippen molar-refractivity contribution in [1.29, 1.82) is 0 Å². The molecule has 0 N–H and O–H groups in total. The minimum Gasteiger partial charge on any atom is -0.548 e. The number of hydrogen-bond acceptors (Lipinski definition) is 3. The summed E-state index contributed by atoms with van der Waals surface area (Å²) in [5.41, 5.74) is 8.19. The molecule has 0 atom stereocenters. The summed E-state index contributed by atoms with van der Waals surface area (Å²) in [6.07, 6.45) is 0. The normalized spacial score (nSPS) is 11.0. The van der Waals surface area contributed by atoms with E-state index in [1.54, 1.807) is 0 Å². The number of aromatic nitrogens is 2. The Bertz CT molecular complexity index is 1220. The summed E-state index contributed by atoms with van der Waals surface area (Å²) in [5.74, 6) is -1.09. The average molecular weight is 380 g/mol. The van der Waals surface area contributed by atoms with Gasteiger partial charge >= 0.3 is 29.6 Å². The van der Waals surface area contributed by atoms with Crippen LogP contribution in [0, 0.1) is 27.7 Å². The molecule has 2 heterocycles. The van der Waals surface area contributed by atoms with Crippen molar-refractivity contribution in [2.24, 2.45) is 0 Å². The topological polar surface area (TPSA) is 58.0 Å². The van der Waals surface area contributed by atoms with Gasteiger partial charge in [0.2, 0.25) is 0 Å². The van der Waals surface area contributed by atoms with E-state index in [0.717, 1.165) is 55.4 Å². The third-order valence-corrected chi connectivity index (χ3v) is 5.20. The Morgan fingerprint density at radius 3 is 2.50 bits per heavy atom. The first-order valence-corrected chi connectivity index (χ1v) is 9.03. The number of pyridine rings is 1. The van der Waals surface area contributed by atoms with Crippen LogP contribution in [0.3, 0.4) is 0 Å². The number of carboxylic acid groups (broad SMARTS) is 1. The van der Waals surface area contributed by atoms with E-state index in [-0.39, 0.29) is 36.1 Å². The van der Waals surface area contributed by atoms with Crippen LogP contribution < -0.4 is 34.7 Å². The first kappa shape index (κ1) is 20.6. The molecule has 0 aliphatic carbocycles. The molecule has 0 aliphatic rings. The predicted molar refractivity (Wildman–Crippen MR) is 107 cm³/mol. The smallest absolute Gasteiger partial charge is 0.548 e. The molecule has 0 fully saturated rings. The molecule has 4 rings (SSSR count). The zero-order valence-corrected chi connectivity index (χ0v) is 19.0. The van der Waals surface area contributed by atoms with Gasteiger partial charge < -0.3 is 14.5 Å². The number of fused-ring (bicyclic) bond motifs is 2. The van der Waals surface area contributed by atoms with Gasteiger partial charge in [-0.25, -0.2) is 0 Å². The monoisotopic (exact) mass is 380 g/mol. The van der Waals surface area contributed by atoms with Crippen molar-refractivity contribution in [3.8, 4) is 11.1 Å². The molecular weight excluding hydrogens is 359 g/mol. The van der Waals surface area contributed by atoms with Gasteiger partial charge in [-0.05, 0) is 57.0 Å². The van der Waals surface area contributed by atoms with Crippen LogP contribution >= 0.6 is 0 Å². The molecule has 0 unspecified atom stereocenters. The molecular formula is C23H21N2NaO2. The fourth-order valence-electron chi connectivity index (χ4n) is 4.00. The molecule has 5 heteroatoms. The number of nitrogens with zero attached hydrogens (tertiary/aromatic N) is 2. The van der Waals surface area contributed by atoms with Crippen LogP contribution in [-0.2, 0) is 11.3 Å². The Hall–Kier alpha value is -2.14. The Morgan fingerprint density at radius 1 is 1.04 bits per heavy atom. The zero-order valence-electron chi connectivity index (χ0n) is 17.0. The van der Waals surface area contributed by atoms with Crippen molar-refractivity contribution in [3.05, 3.63) is 65.0 Å². The third kappa shape index (κ3) is 3.37. The number of benzene rings is 2. The first-order valence-electron chi connectivity index (χ1n) is 9.03. The van der Waals surface area contributed by atoms with Crippen molar-refractivity contribution in [1.82, 2.24) is 9.55 Å². The largest absolute Gasteiger partial charge is 1.00 e. The minimum atomic E-state index is -1.09. The SMILES string of the molecule is Cc1ccc2c(c1)c(-c1cc(C)nc3c(C)cccc13)c(C)n2CC(=O)[O-].[Na+]. The Morgan fingerprint density at radius 2 is 1.79 bits per heavy atom. The Labute approximate surface area is 186 Å². The summed E-state index contributed by atoms with van der Waals surface area (Å²) in [6.45, 7) is 7.93. The molecule has 0 amide bonds. The molecule has 4 aromatic rings. The summed E-state index contributed by atoms with van der Waals surface area (Å²) >= 11 is 0. The van der Waals surface area contributed by atoms with Crippen LogP contribution in [0.1, 0.15) is 22.5 Å². The molecule has 4 nitrogen and oxygen atoms in total. The second-order valence-corrected chi connectivity index (χ2v) is 7.22. The fraction of sp³-hybridized carbons (Fsp3) is 0.217. The van der Waals surface area contributed by atoms with Gasteiger partial charge in [-0.15, -0.1) is 0 Å². The minimum absolute atomic E-state index is 0. The average Bonchev–Trinajstić information content (AvgIpc) is 2.86. The summed E-state index contributed by atoms with van der Waals surface area (Å²) in [7, 11) is 0. The number of hydrogen-bond donors (Lipinski definition) is 0. The molecule has 0 spiro atoms. The second-order valence-electron chi connectivity index (χ2n) is 7.22. The molecule has 136 valence electrons. The molecule has 2 aromatic carbocycles. The van der Waals surface area contributed by atoms with Gasteiger partial charge in [-0.3, -0.25) is 4.98 Å². The molecule has 0 saturated heterocycles. The Kier molecular flexibility index (Phi) is 5.67. The van der Waals surface area contributed by atoms with Crippen LogP contribution in [0.5, 0.6) is 0 Å². The molecule has 2 aromatic heterocycles. The number of carboxylic acids is 1. The summed E-state index contributed by atoms with van der Waals surface area (Å²) < 4.78 is 1.83. The maximum absolute atomic E-state index is 11.3. The van der Waals surface area contributed by atoms with Crippen molar-refractivity contribution >= 4 is 27.8 Å². The van der Waals surface area contributed by atoms with E-state index in [0.29, 0.717) is 0 Å². The number of carbonyl (C=O) groups is 1. The van der Waals surface area contributed by atoms with Crippen LogP contribution in [-0.4, -0.2) is 15.5 Å². The molecule has 0 radical (unpaired) electrons. The van der Waals surface area contributed by atoms with Gasteiger partial charge in [0.05, 0.1) is 18.0 Å². The Balaban J connectivity index is 0.00000225. The van der Waals surface area contributed by atoms with Crippen LogP contribution in [0.15, 0.2) is 42.5 Å². The van der Waals surface area contributed by atoms with E-state index >= 15 is 0 Å². The zero-order chi connectivity index (χ0) is 19.3. The molecule has 0 saturated carbocycles. The molecule has 0 bridgehead atoms. The van der Waals surface area contributed by atoms with Gasteiger partial charge in [0.25, 0.3) is 0 Å². The molecule has 28 heavy (non-hydrogen) atoms. The van der Waals surface area contributed by atoms with E-state index in [9.17, 15) is 9.90 Å². The number of rotatable bonds is 3. The number of carbonyl (C=O) groups excluding carboxylic acids is 1. The van der Waals surface area contributed by atoms with Crippen molar-refractivity contribution in [2.45, 2.75) is 34.2 Å². The maximum atomic E-state index is 11.3. The number of para-hydroxylation sites is 1. The summed E-state index contributed by atoms with van der Waals surface area (Å²) in [6, 6.07) is 14.4. The van der Waals surface area contributed by atoms with Crippen molar-refractivity contribution in [3.63, 3.8) is 0 Å². The molecule has 0 aliphatic heterocycles. The fourth-order valence-corrected chi connectivity index (χ4v) is 4.00. The van der Waals surface area contributed by atoms with E-state index in [2.05, 4.69) is 38.1 Å². The van der Waals surface area contributed by atoms with Crippen molar-refractivity contribution < 1.29 is 39.5 Å². The maximum Gasteiger partial charge on any atom is 1.00 e. The van der Waals surface area contributed by atoms with Gasteiger partial charge in [-0.1, -0.05) is 29.8 Å². The van der Waals surface area contributed by atoms with Crippen LogP contribution in [0.4, 0.5) is 0 Å². The standard InChI is InChI=1S/C23H22N2O2.Na/c1-13-8-9-20-19(10-13)22(16(4)25(20)12-21(26)27)18-11-15(3)24-23-14(2)6-5-7-17(18)23;/h5-11H,12H2,1-4H3,(H,26,27);/q;+1/p-1. The first-order chi connectivity index (χ1) is 12.9. The summed E-state index contributed by atoms with van der Waals surface area (Å²) in [4.78, 5) is 16.1. The van der Waals surface area contributed by atoms with Gasteiger partial charge in [0.15, 0.2) is 0 Å². The number of aryl methyl sites for hydroxylation is 3. The second kappa shape index (κ2) is 7.70. The van der Waals surface area contributed by atoms with Crippen LogP contribution in [0.2, 0.25) is 0 Å². The quantitative estimate of drug-likeness (QED) is 0.495. The number of aliphatic carboxylic acids is 1. The predicted octanol–water partition coefficient (Wildman–Crippen LogP) is 0.844. The van der Waals surface area contributed by atoms with Crippen LogP contribution in [0.25, 0.3) is 32.9 Å². The van der Waals surface area contributed by atoms with E-state index in [1.165, 1.54) is 0 Å².